The van der Waals surface area contributed by atoms with Gasteiger partial charge in [0.25, 0.3) is 0 Å². The lowest BCUT2D eigenvalue weighted by Gasteiger charge is -2.27. The molecular weight excluding hydrogens is 314 g/mol. The fourth-order valence-corrected chi connectivity index (χ4v) is 3.20. The minimum absolute atomic E-state index is 0.0222. The van der Waals surface area contributed by atoms with Crippen LogP contribution in [0.4, 0.5) is 5.82 Å². The molecule has 1 N–H and O–H groups in total. The first-order valence-corrected chi connectivity index (χ1v) is 8.66. The minimum atomic E-state index is -0.0222. The van der Waals surface area contributed by atoms with E-state index in [0.29, 0.717) is 0 Å². The maximum atomic E-state index is 5.42. The monoisotopic (exact) mass is 337 g/mol. The van der Waals surface area contributed by atoms with Gasteiger partial charge < -0.3 is 9.64 Å². The van der Waals surface area contributed by atoms with Crippen LogP contribution in [0.3, 0.4) is 0 Å². The molecule has 0 spiro atoms. The van der Waals surface area contributed by atoms with Crippen molar-refractivity contribution >= 4 is 16.9 Å². The third-order valence-electron chi connectivity index (χ3n) is 4.53. The first-order chi connectivity index (χ1) is 12.0. The molecule has 3 aromatic rings. The van der Waals surface area contributed by atoms with Gasteiger partial charge in [0.2, 0.25) is 0 Å². The van der Waals surface area contributed by atoms with E-state index in [9.17, 15) is 0 Å². The van der Waals surface area contributed by atoms with Gasteiger partial charge >= 0.3 is 0 Å². The Hall–Kier alpha value is -2.47. The largest absolute Gasteiger partial charge is 0.378 e. The first kappa shape index (κ1) is 16.0. The molecule has 0 aliphatic carbocycles. The highest BCUT2D eigenvalue weighted by atomic mass is 16.5. The molecule has 3 heterocycles. The van der Waals surface area contributed by atoms with Crippen molar-refractivity contribution in [1.29, 1.82) is 0 Å². The number of ether oxygens (including phenoxy) is 1. The first-order valence-electron chi connectivity index (χ1n) is 8.66. The van der Waals surface area contributed by atoms with Crippen LogP contribution in [0.25, 0.3) is 22.2 Å². The van der Waals surface area contributed by atoms with Crippen LogP contribution in [0.5, 0.6) is 0 Å². The van der Waals surface area contributed by atoms with Crippen molar-refractivity contribution in [1.82, 2.24) is 20.2 Å². The molecule has 2 aromatic heterocycles. The summed E-state index contributed by atoms with van der Waals surface area (Å²) in [6.07, 6.45) is 3.81. The number of aromatic nitrogens is 4. The molecule has 0 amide bonds. The van der Waals surface area contributed by atoms with Crippen LogP contribution < -0.4 is 4.90 Å². The summed E-state index contributed by atoms with van der Waals surface area (Å²) in [6.45, 7) is 9.71. The summed E-state index contributed by atoms with van der Waals surface area (Å²) in [4.78, 5) is 11.6. The normalized spacial score (nSPS) is 15.7. The highest BCUT2D eigenvalue weighted by Gasteiger charge is 2.22. The Labute approximate surface area is 147 Å². The van der Waals surface area contributed by atoms with Crippen LogP contribution in [0.15, 0.2) is 30.6 Å². The summed E-state index contributed by atoms with van der Waals surface area (Å²) >= 11 is 0. The van der Waals surface area contributed by atoms with Crippen molar-refractivity contribution in [3.63, 3.8) is 0 Å². The highest BCUT2D eigenvalue weighted by molar-refractivity contribution is 5.82. The van der Waals surface area contributed by atoms with Crippen LogP contribution >= 0.6 is 0 Å². The zero-order valence-corrected chi connectivity index (χ0v) is 14.9. The van der Waals surface area contributed by atoms with Crippen molar-refractivity contribution in [2.45, 2.75) is 26.2 Å². The smallest absolute Gasteiger partial charge is 0.148 e. The van der Waals surface area contributed by atoms with E-state index in [0.717, 1.165) is 60.0 Å². The standard InChI is InChI=1S/C19H23N5O/c1-19(2,3)18-14(11-21-23-18)13-4-5-15-16(10-13)22-17(12-20-15)24-6-8-25-9-7-24/h4-5,10-12H,6-9H2,1-3H3,(H,21,23). The SMILES string of the molecule is CC(C)(C)c1n[nH]cc1-c1ccc2ncc(N3CCOCC3)nc2c1. The lowest BCUT2D eigenvalue weighted by molar-refractivity contribution is 0.122. The number of anilines is 1. The van der Waals surface area contributed by atoms with E-state index >= 15 is 0 Å². The predicted octanol–water partition coefficient (Wildman–Crippen LogP) is 3.15. The molecule has 4 rings (SSSR count). The summed E-state index contributed by atoms with van der Waals surface area (Å²) in [5, 5.41) is 7.46. The second-order valence-electron chi connectivity index (χ2n) is 7.43. The lowest BCUT2D eigenvalue weighted by Crippen LogP contribution is -2.36. The number of hydrogen-bond acceptors (Lipinski definition) is 5. The van der Waals surface area contributed by atoms with Gasteiger partial charge in [-0.3, -0.25) is 10.1 Å². The Balaban J connectivity index is 1.75. The molecule has 1 saturated heterocycles. The number of aromatic amines is 1. The molecule has 130 valence electrons. The quantitative estimate of drug-likeness (QED) is 0.778. The molecule has 1 aliphatic heterocycles. The number of nitrogens with zero attached hydrogens (tertiary/aromatic N) is 4. The Morgan fingerprint density at radius 2 is 1.92 bits per heavy atom. The van der Waals surface area contributed by atoms with Gasteiger partial charge in [0, 0.05) is 30.3 Å². The van der Waals surface area contributed by atoms with Gasteiger partial charge in [0.1, 0.15) is 5.82 Å². The molecular formula is C19H23N5O. The number of benzene rings is 1. The average Bonchev–Trinajstić information content (AvgIpc) is 3.12. The summed E-state index contributed by atoms with van der Waals surface area (Å²) in [7, 11) is 0. The van der Waals surface area contributed by atoms with Crippen molar-refractivity contribution in [2.24, 2.45) is 0 Å². The Kier molecular flexibility index (Phi) is 3.92. The maximum Gasteiger partial charge on any atom is 0.148 e. The molecule has 0 bridgehead atoms. The Bertz CT molecular complexity index is 890. The van der Waals surface area contributed by atoms with E-state index < -0.39 is 0 Å². The van der Waals surface area contributed by atoms with Crippen LogP contribution in [0.1, 0.15) is 26.5 Å². The van der Waals surface area contributed by atoms with Gasteiger partial charge in [-0.25, -0.2) is 4.98 Å². The van der Waals surface area contributed by atoms with E-state index in [1.807, 2.05) is 18.5 Å². The number of rotatable bonds is 2. The zero-order valence-electron chi connectivity index (χ0n) is 14.9. The summed E-state index contributed by atoms with van der Waals surface area (Å²) in [5.41, 5.74) is 5.08. The van der Waals surface area contributed by atoms with Crippen molar-refractivity contribution < 1.29 is 4.74 Å². The third kappa shape index (κ3) is 3.09. The summed E-state index contributed by atoms with van der Waals surface area (Å²) in [5.74, 6) is 0.913. The van der Waals surface area contributed by atoms with E-state index in [4.69, 9.17) is 9.72 Å². The maximum absolute atomic E-state index is 5.42. The second kappa shape index (κ2) is 6.11. The third-order valence-corrected chi connectivity index (χ3v) is 4.53. The van der Waals surface area contributed by atoms with Crippen LogP contribution in [-0.2, 0) is 10.2 Å². The molecule has 0 saturated carbocycles. The second-order valence-corrected chi connectivity index (χ2v) is 7.43. The number of fused-ring (bicyclic) bond motifs is 1. The van der Waals surface area contributed by atoms with Crippen molar-refractivity contribution in [3.8, 4) is 11.1 Å². The summed E-state index contributed by atoms with van der Waals surface area (Å²) in [6, 6.07) is 6.22. The van der Waals surface area contributed by atoms with Gasteiger partial charge in [-0.05, 0) is 17.7 Å². The van der Waals surface area contributed by atoms with E-state index in [1.54, 1.807) is 0 Å². The molecule has 0 radical (unpaired) electrons. The Morgan fingerprint density at radius 1 is 1.12 bits per heavy atom. The highest BCUT2D eigenvalue weighted by Crippen LogP contribution is 2.32. The zero-order chi connectivity index (χ0) is 17.4. The number of nitrogens with one attached hydrogen (secondary N) is 1. The van der Waals surface area contributed by atoms with Gasteiger partial charge in [0.05, 0.1) is 36.1 Å². The molecule has 6 nitrogen and oxygen atoms in total. The van der Waals surface area contributed by atoms with Crippen LogP contribution in [0, 0.1) is 0 Å². The molecule has 1 fully saturated rings. The minimum Gasteiger partial charge on any atom is -0.378 e. The number of morpholine rings is 1. The molecule has 0 unspecified atom stereocenters. The number of H-pyrrole nitrogens is 1. The van der Waals surface area contributed by atoms with E-state index in [2.05, 4.69) is 53.0 Å². The summed E-state index contributed by atoms with van der Waals surface area (Å²) < 4.78 is 5.42. The Morgan fingerprint density at radius 3 is 2.68 bits per heavy atom. The van der Waals surface area contributed by atoms with E-state index in [-0.39, 0.29) is 5.41 Å². The molecule has 1 aromatic carbocycles. The van der Waals surface area contributed by atoms with Crippen molar-refractivity contribution in [3.05, 3.63) is 36.3 Å². The van der Waals surface area contributed by atoms with E-state index in [1.165, 1.54) is 0 Å². The van der Waals surface area contributed by atoms with Gasteiger partial charge in [-0.2, -0.15) is 5.10 Å². The van der Waals surface area contributed by atoms with Gasteiger partial charge in [-0.15, -0.1) is 0 Å². The average molecular weight is 337 g/mol. The predicted molar refractivity (Wildman–Crippen MR) is 98.9 cm³/mol. The molecule has 25 heavy (non-hydrogen) atoms. The van der Waals surface area contributed by atoms with Gasteiger partial charge in [0.15, 0.2) is 0 Å². The van der Waals surface area contributed by atoms with Gasteiger partial charge in [-0.1, -0.05) is 26.8 Å². The fraction of sp³-hybridized carbons (Fsp3) is 0.421. The molecule has 1 aliphatic rings. The van der Waals surface area contributed by atoms with Crippen molar-refractivity contribution in [2.75, 3.05) is 31.2 Å². The fourth-order valence-electron chi connectivity index (χ4n) is 3.20. The number of hydrogen-bond donors (Lipinski definition) is 1. The van der Waals surface area contributed by atoms with Crippen LogP contribution in [0.2, 0.25) is 0 Å². The molecule has 6 heteroatoms. The van der Waals surface area contributed by atoms with Crippen LogP contribution in [-0.4, -0.2) is 46.5 Å². The molecule has 0 atom stereocenters. The topological polar surface area (TPSA) is 66.9 Å². The lowest BCUT2D eigenvalue weighted by atomic mass is 9.87.